The molecule has 3 rings (SSSR count). The Balaban J connectivity index is 1.50. The molecule has 0 amide bonds. The van der Waals surface area contributed by atoms with E-state index in [1.54, 1.807) is 0 Å². The molecule has 2 aromatic rings. The summed E-state index contributed by atoms with van der Waals surface area (Å²) in [4.78, 5) is 0. The monoisotopic (exact) mass is 271 g/mol. The second-order valence-electron chi connectivity index (χ2n) is 5.36. The molecule has 1 aliphatic rings. The zero-order valence-corrected chi connectivity index (χ0v) is 11.9. The van der Waals surface area contributed by atoms with Gasteiger partial charge in [0.2, 0.25) is 0 Å². The van der Waals surface area contributed by atoms with E-state index in [4.69, 9.17) is 4.74 Å². The smallest absolute Gasteiger partial charge is 0.122 e. The van der Waals surface area contributed by atoms with Crippen LogP contribution in [0.2, 0.25) is 0 Å². The Labute approximate surface area is 119 Å². The highest BCUT2D eigenvalue weighted by Gasteiger charge is 2.20. The Morgan fingerprint density at radius 3 is 3.15 bits per heavy atom. The number of aryl methyl sites for hydroxylation is 1. The molecule has 106 valence electrons. The predicted octanol–water partition coefficient (Wildman–Crippen LogP) is 2.35. The number of benzene rings is 1. The molecule has 1 atom stereocenters. The number of hydrogen-bond acceptors (Lipinski definition) is 3. The Hall–Kier alpha value is -1.81. The molecular weight excluding hydrogens is 250 g/mol. The number of nitrogens with one attached hydrogen (secondary N) is 1. The number of aromatic nitrogens is 2. The summed E-state index contributed by atoms with van der Waals surface area (Å²) in [5.41, 5.74) is 2.55. The lowest BCUT2D eigenvalue weighted by atomic mass is 9.93. The van der Waals surface area contributed by atoms with Crippen LogP contribution in [0.4, 0.5) is 0 Å². The van der Waals surface area contributed by atoms with Gasteiger partial charge in [-0.05, 0) is 30.5 Å². The van der Waals surface area contributed by atoms with Gasteiger partial charge in [0.15, 0.2) is 0 Å². The third-order valence-electron chi connectivity index (χ3n) is 3.75. The number of fused-ring (bicyclic) bond motifs is 1. The molecule has 1 N–H and O–H groups in total. The number of ether oxygens (including phenoxy) is 1. The van der Waals surface area contributed by atoms with Gasteiger partial charge in [0, 0.05) is 25.2 Å². The van der Waals surface area contributed by atoms with Crippen molar-refractivity contribution in [3.63, 3.8) is 0 Å². The van der Waals surface area contributed by atoms with E-state index in [1.807, 2.05) is 16.9 Å². The van der Waals surface area contributed by atoms with Crippen LogP contribution in [0.5, 0.6) is 5.75 Å². The molecule has 1 aromatic carbocycles. The Morgan fingerprint density at radius 2 is 2.30 bits per heavy atom. The molecule has 0 spiro atoms. The van der Waals surface area contributed by atoms with Gasteiger partial charge < -0.3 is 10.1 Å². The summed E-state index contributed by atoms with van der Waals surface area (Å²) in [6.45, 7) is 5.75. The van der Waals surface area contributed by atoms with Gasteiger partial charge in [-0.2, -0.15) is 5.10 Å². The van der Waals surface area contributed by atoms with Crippen molar-refractivity contribution in [1.29, 1.82) is 0 Å². The first-order chi connectivity index (χ1) is 9.83. The molecule has 1 aromatic heterocycles. The summed E-state index contributed by atoms with van der Waals surface area (Å²) < 4.78 is 7.68. The van der Waals surface area contributed by atoms with Crippen molar-refractivity contribution in [3.05, 3.63) is 47.8 Å². The van der Waals surface area contributed by atoms with Gasteiger partial charge in [0.05, 0.1) is 19.3 Å². The van der Waals surface area contributed by atoms with Crippen LogP contribution in [0.25, 0.3) is 0 Å². The quantitative estimate of drug-likeness (QED) is 0.848. The fourth-order valence-electron chi connectivity index (χ4n) is 2.69. The van der Waals surface area contributed by atoms with Gasteiger partial charge in [-0.25, -0.2) is 0 Å². The SMILES string of the molecule is Cc1cnn(CCNCC2CCOc3ccccc32)c1. The largest absolute Gasteiger partial charge is 0.493 e. The summed E-state index contributed by atoms with van der Waals surface area (Å²) in [6.07, 6.45) is 5.06. The molecule has 20 heavy (non-hydrogen) atoms. The molecule has 0 radical (unpaired) electrons. The van der Waals surface area contributed by atoms with E-state index in [-0.39, 0.29) is 0 Å². The van der Waals surface area contributed by atoms with E-state index in [0.29, 0.717) is 5.92 Å². The minimum absolute atomic E-state index is 0.555. The van der Waals surface area contributed by atoms with Crippen LogP contribution in [0.1, 0.15) is 23.5 Å². The van der Waals surface area contributed by atoms with E-state index in [2.05, 4.69) is 41.7 Å². The minimum Gasteiger partial charge on any atom is -0.493 e. The Kier molecular flexibility index (Phi) is 4.02. The highest BCUT2D eigenvalue weighted by atomic mass is 16.5. The minimum atomic E-state index is 0.555. The summed E-state index contributed by atoms with van der Waals surface area (Å²) in [6, 6.07) is 8.37. The van der Waals surface area contributed by atoms with Crippen LogP contribution in [0, 0.1) is 6.92 Å². The molecular formula is C16H21N3O. The summed E-state index contributed by atoms with van der Waals surface area (Å²) in [5.74, 6) is 1.60. The maximum atomic E-state index is 5.69. The molecule has 0 saturated heterocycles. The molecule has 4 nitrogen and oxygen atoms in total. The average Bonchev–Trinajstić information content (AvgIpc) is 2.89. The Morgan fingerprint density at radius 1 is 1.40 bits per heavy atom. The second-order valence-corrected chi connectivity index (χ2v) is 5.36. The van der Waals surface area contributed by atoms with Gasteiger partial charge in [-0.3, -0.25) is 4.68 Å². The molecule has 1 aliphatic heterocycles. The van der Waals surface area contributed by atoms with Crippen molar-refractivity contribution in [2.24, 2.45) is 0 Å². The number of rotatable bonds is 5. The lowest BCUT2D eigenvalue weighted by molar-refractivity contribution is 0.264. The van der Waals surface area contributed by atoms with E-state index < -0.39 is 0 Å². The van der Waals surface area contributed by atoms with Gasteiger partial charge in [0.1, 0.15) is 5.75 Å². The molecule has 0 saturated carbocycles. The Bertz CT molecular complexity index is 564. The van der Waals surface area contributed by atoms with Gasteiger partial charge in [0.25, 0.3) is 0 Å². The topological polar surface area (TPSA) is 39.1 Å². The van der Waals surface area contributed by atoms with Crippen LogP contribution in [0.3, 0.4) is 0 Å². The first-order valence-electron chi connectivity index (χ1n) is 7.24. The second kappa shape index (κ2) is 6.09. The fraction of sp³-hybridized carbons (Fsp3) is 0.438. The molecule has 0 fully saturated rings. The van der Waals surface area contributed by atoms with E-state index in [9.17, 15) is 0 Å². The van der Waals surface area contributed by atoms with Crippen LogP contribution in [-0.4, -0.2) is 29.5 Å². The van der Waals surface area contributed by atoms with Crippen molar-refractivity contribution >= 4 is 0 Å². The highest BCUT2D eigenvalue weighted by Crippen LogP contribution is 2.32. The summed E-state index contributed by atoms with van der Waals surface area (Å²) >= 11 is 0. The average molecular weight is 271 g/mol. The molecule has 2 heterocycles. The van der Waals surface area contributed by atoms with Crippen LogP contribution >= 0.6 is 0 Å². The van der Waals surface area contributed by atoms with E-state index in [0.717, 1.165) is 38.4 Å². The van der Waals surface area contributed by atoms with Crippen molar-refractivity contribution in [3.8, 4) is 5.75 Å². The van der Waals surface area contributed by atoms with E-state index >= 15 is 0 Å². The lowest BCUT2D eigenvalue weighted by Gasteiger charge is -2.26. The van der Waals surface area contributed by atoms with E-state index in [1.165, 1.54) is 11.1 Å². The third kappa shape index (κ3) is 3.02. The van der Waals surface area contributed by atoms with Gasteiger partial charge in [-0.1, -0.05) is 18.2 Å². The maximum absolute atomic E-state index is 5.69. The first kappa shape index (κ1) is 13.2. The van der Waals surface area contributed by atoms with Crippen LogP contribution in [0.15, 0.2) is 36.7 Å². The molecule has 0 aliphatic carbocycles. The van der Waals surface area contributed by atoms with Crippen molar-refractivity contribution in [2.75, 3.05) is 19.7 Å². The zero-order chi connectivity index (χ0) is 13.8. The number of para-hydroxylation sites is 1. The molecule has 1 unspecified atom stereocenters. The summed E-state index contributed by atoms with van der Waals surface area (Å²) in [7, 11) is 0. The first-order valence-corrected chi connectivity index (χ1v) is 7.24. The zero-order valence-electron chi connectivity index (χ0n) is 11.9. The fourth-order valence-corrected chi connectivity index (χ4v) is 2.69. The van der Waals surface area contributed by atoms with Gasteiger partial charge >= 0.3 is 0 Å². The predicted molar refractivity (Wildman–Crippen MR) is 79.1 cm³/mol. The summed E-state index contributed by atoms with van der Waals surface area (Å²) in [5, 5.41) is 7.83. The number of hydrogen-bond donors (Lipinski definition) is 1. The normalized spacial score (nSPS) is 17.6. The van der Waals surface area contributed by atoms with Crippen molar-refractivity contribution in [2.45, 2.75) is 25.8 Å². The standard InChI is InChI=1S/C16H21N3O/c1-13-10-18-19(12-13)8-7-17-11-14-6-9-20-16-5-3-2-4-15(14)16/h2-5,10,12,14,17H,6-9,11H2,1H3. The third-order valence-corrected chi connectivity index (χ3v) is 3.75. The van der Waals surface area contributed by atoms with Crippen LogP contribution in [-0.2, 0) is 6.54 Å². The van der Waals surface area contributed by atoms with Gasteiger partial charge in [-0.15, -0.1) is 0 Å². The highest BCUT2D eigenvalue weighted by molar-refractivity contribution is 5.37. The van der Waals surface area contributed by atoms with Crippen molar-refractivity contribution < 1.29 is 4.74 Å². The maximum Gasteiger partial charge on any atom is 0.122 e. The number of nitrogens with zero attached hydrogens (tertiary/aromatic N) is 2. The van der Waals surface area contributed by atoms with Crippen molar-refractivity contribution in [1.82, 2.24) is 15.1 Å². The lowest BCUT2D eigenvalue weighted by Crippen LogP contribution is -2.28. The molecule has 4 heteroatoms. The molecule has 0 bridgehead atoms. The van der Waals surface area contributed by atoms with Crippen LogP contribution < -0.4 is 10.1 Å².